The molecule has 1 aliphatic heterocycles. The molecule has 0 spiro atoms. The standard InChI is InChI=1S/C26H21FN10/c1-13-4-14(6-16(27)5-13)18-2-3-30-25-22(18)33-26(34-25)23-19-7-15(8-31-24(19)36-35-23)20-9-29-10-21(32-20)37-11-17(28)12-37/h2-10,17H,11-12,28H2,1H3,(H,30,33,34)(H,31,35,36). The predicted molar refractivity (Wildman–Crippen MR) is 138 cm³/mol. The summed E-state index contributed by atoms with van der Waals surface area (Å²) in [5.74, 6) is 1.05. The van der Waals surface area contributed by atoms with Crippen LogP contribution >= 0.6 is 0 Å². The number of benzene rings is 1. The molecule has 0 saturated carbocycles. The van der Waals surface area contributed by atoms with Gasteiger partial charge in [0, 0.05) is 42.7 Å². The lowest BCUT2D eigenvalue weighted by Crippen LogP contribution is -2.56. The molecule has 0 aliphatic carbocycles. The zero-order chi connectivity index (χ0) is 25.1. The van der Waals surface area contributed by atoms with Gasteiger partial charge in [0.25, 0.3) is 0 Å². The number of imidazole rings is 1. The van der Waals surface area contributed by atoms with Crippen LogP contribution in [0.3, 0.4) is 0 Å². The maximum Gasteiger partial charge on any atom is 0.181 e. The maximum absolute atomic E-state index is 14.1. The molecule has 1 saturated heterocycles. The minimum absolute atomic E-state index is 0.167. The summed E-state index contributed by atoms with van der Waals surface area (Å²) in [4.78, 5) is 28.2. The molecule has 182 valence electrons. The van der Waals surface area contributed by atoms with E-state index >= 15 is 0 Å². The average Bonchev–Trinajstić information content (AvgIpc) is 3.49. The van der Waals surface area contributed by atoms with E-state index in [-0.39, 0.29) is 11.9 Å². The first-order chi connectivity index (χ1) is 18.0. The van der Waals surface area contributed by atoms with Crippen molar-refractivity contribution in [1.29, 1.82) is 0 Å². The maximum atomic E-state index is 14.1. The van der Waals surface area contributed by atoms with Crippen molar-refractivity contribution in [3.63, 3.8) is 0 Å². The van der Waals surface area contributed by atoms with Gasteiger partial charge in [-0.05, 0) is 42.3 Å². The highest BCUT2D eigenvalue weighted by Gasteiger charge is 2.25. The summed E-state index contributed by atoms with van der Waals surface area (Å²) in [6.45, 7) is 3.39. The molecular weight excluding hydrogens is 471 g/mol. The van der Waals surface area contributed by atoms with Crippen LogP contribution in [0.2, 0.25) is 0 Å². The summed E-state index contributed by atoms with van der Waals surface area (Å²) < 4.78 is 14.1. The van der Waals surface area contributed by atoms with Crippen LogP contribution in [-0.2, 0) is 0 Å². The van der Waals surface area contributed by atoms with E-state index in [4.69, 9.17) is 15.7 Å². The lowest BCUT2D eigenvalue weighted by atomic mass is 10.0. The first-order valence-electron chi connectivity index (χ1n) is 11.8. The second kappa shape index (κ2) is 8.14. The van der Waals surface area contributed by atoms with Crippen LogP contribution in [0.25, 0.3) is 56.1 Å². The van der Waals surface area contributed by atoms with Crippen molar-refractivity contribution >= 4 is 28.0 Å². The number of aromatic amines is 2. The van der Waals surface area contributed by atoms with Crippen LogP contribution in [0.5, 0.6) is 0 Å². The van der Waals surface area contributed by atoms with E-state index in [1.807, 2.05) is 25.1 Å². The summed E-state index contributed by atoms with van der Waals surface area (Å²) >= 11 is 0. The summed E-state index contributed by atoms with van der Waals surface area (Å²) in [5, 5.41) is 8.18. The third-order valence-electron chi connectivity index (χ3n) is 6.54. The lowest BCUT2D eigenvalue weighted by molar-refractivity contribution is 0.514. The fraction of sp³-hybridized carbons (Fsp3) is 0.154. The number of hydrogen-bond acceptors (Lipinski definition) is 8. The molecule has 0 amide bonds. The average molecular weight is 493 g/mol. The van der Waals surface area contributed by atoms with Crippen LogP contribution in [-0.4, -0.2) is 59.2 Å². The van der Waals surface area contributed by atoms with Crippen molar-refractivity contribution in [3.05, 3.63) is 66.5 Å². The molecule has 6 aromatic rings. The van der Waals surface area contributed by atoms with E-state index in [0.717, 1.165) is 46.5 Å². The number of halogens is 1. The van der Waals surface area contributed by atoms with Crippen molar-refractivity contribution in [2.75, 3.05) is 18.0 Å². The first kappa shape index (κ1) is 21.5. The summed E-state index contributed by atoms with van der Waals surface area (Å²) in [6.07, 6.45) is 6.85. The number of nitrogens with one attached hydrogen (secondary N) is 2. The van der Waals surface area contributed by atoms with Gasteiger partial charge in [0.2, 0.25) is 0 Å². The fourth-order valence-electron chi connectivity index (χ4n) is 4.73. The zero-order valence-corrected chi connectivity index (χ0v) is 19.8. The van der Waals surface area contributed by atoms with Gasteiger partial charge in [0.05, 0.1) is 29.0 Å². The van der Waals surface area contributed by atoms with Crippen LogP contribution in [0.15, 0.2) is 55.1 Å². The van der Waals surface area contributed by atoms with Gasteiger partial charge in [-0.25, -0.2) is 24.3 Å². The van der Waals surface area contributed by atoms with E-state index in [1.54, 1.807) is 24.8 Å². The quantitative estimate of drug-likeness (QED) is 0.339. The SMILES string of the molecule is Cc1cc(F)cc(-c2ccnc3nc(-c4[nH]nc5ncc(-c6cncc(N7CC(N)C7)n6)cc45)[nH]c23)c1. The van der Waals surface area contributed by atoms with Crippen molar-refractivity contribution in [2.45, 2.75) is 13.0 Å². The van der Waals surface area contributed by atoms with Crippen molar-refractivity contribution in [2.24, 2.45) is 5.73 Å². The molecule has 0 atom stereocenters. The Hall–Kier alpha value is -4.77. The highest BCUT2D eigenvalue weighted by atomic mass is 19.1. The molecule has 1 aromatic carbocycles. The molecule has 1 fully saturated rings. The molecule has 1 aliphatic rings. The summed E-state index contributed by atoms with van der Waals surface area (Å²) in [5.41, 5.74) is 12.3. The van der Waals surface area contributed by atoms with Crippen molar-refractivity contribution in [3.8, 4) is 33.9 Å². The molecule has 0 bridgehead atoms. The number of H-pyrrole nitrogens is 2. The highest BCUT2D eigenvalue weighted by Crippen LogP contribution is 2.32. The zero-order valence-electron chi connectivity index (χ0n) is 19.8. The Bertz CT molecular complexity index is 1780. The monoisotopic (exact) mass is 492 g/mol. The van der Waals surface area contributed by atoms with E-state index in [1.165, 1.54) is 12.1 Å². The highest BCUT2D eigenvalue weighted by molar-refractivity contribution is 5.96. The smallest absolute Gasteiger partial charge is 0.181 e. The van der Waals surface area contributed by atoms with Crippen LogP contribution in [0.4, 0.5) is 10.2 Å². The van der Waals surface area contributed by atoms with Crippen LogP contribution in [0, 0.1) is 12.7 Å². The topological polar surface area (TPSA) is 138 Å². The van der Waals surface area contributed by atoms with E-state index < -0.39 is 0 Å². The minimum Gasteiger partial charge on any atom is -0.352 e. The Labute approximate surface area is 209 Å². The first-order valence-corrected chi connectivity index (χ1v) is 11.8. The number of rotatable bonds is 4. The van der Waals surface area contributed by atoms with Gasteiger partial charge >= 0.3 is 0 Å². The van der Waals surface area contributed by atoms with Crippen LogP contribution < -0.4 is 10.6 Å². The van der Waals surface area contributed by atoms with Crippen molar-refractivity contribution in [1.82, 2.24) is 40.1 Å². The lowest BCUT2D eigenvalue weighted by Gasteiger charge is -2.37. The van der Waals surface area contributed by atoms with Gasteiger partial charge in [-0.3, -0.25) is 10.1 Å². The molecule has 0 radical (unpaired) electrons. The molecule has 11 heteroatoms. The van der Waals surface area contributed by atoms with Crippen LogP contribution in [0.1, 0.15) is 5.56 Å². The molecule has 10 nitrogen and oxygen atoms in total. The summed E-state index contributed by atoms with van der Waals surface area (Å²) in [6, 6.07) is 8.92. The van der Waals surface area contributed by atoms with E-state index in [9.17, 15) is 4.39 Å². The van der Waals surface area contributed by atoms with Gasteiger partial charge in [-0.2, -0.15) is 5.10 Å². The second-order valence-corrected chi connectivity index (χ2v) is 9.28. The Balaban J connectivity index is 1.31. The van der Waals surface area contributed by atoms with E-state index in [0.29, 0.717) is 34.0 Å². The largest absolute Gasteiger partial charge is 0.352 e. The number of aryl methyl sites for hydroxylation is 1. The van der Waals surface area contributed by atoms with E-state index in [2.05, 4.69) is 35.0 Å². The number of anilines is 1. The minimum atomic E-state index is -0.290. The number of fused-ring (bicyclic) bond motifs is 2. The Morgan fingerprint density at radius 3 is 2.73 bits per heavy atom. The molecule has 7 rings (SSSR count). The van der Waals surface area contributed by atoms with Gasteiger partial charge in [0.1, 0.15) is 17.3 Å². The number of pyridine rings is 2. The van der Waals surface area contributed by atoms with Gasteiger partial charge in [0.15, 0.2) is 17.1 Å². The number of hydrogen-bond donors (Lipinski definition) is 3. The third-order valence-corrected chi connectivity index (χ3v) is 6.54. The molecule has 37 heavy (non-hydrogen) atoms. The molecule has 6 heterocycles. The fourth-order valence-corrected chi connectivity index (χ4v) is 4.73. The number of nitrogens with two attached hydrogens (primary N) is 1. The van der Waals surface area contributed by atoms with Gasteiger partial charge < -0.3 is 15.6 Å². The van der Waals surface area contributed by atoms with Gasteiger partial charge in [-0.15, -0.1) is 0 Å². The molecule has 5 aromatic heterocycles. The molecular formula is C26H21FN10. The Morgan fingerprint density at radius 2 is 1.89 bits per heavy atom. The molecule has 4 N–H and O–H groups in total. The number of nitrogens with zero attached hydrogens (tertiary/aromatic N) is 7. The predicted octanol–water partition coefficient (Wildman–Crippen LogP) is 3.62. The Kier molecular flexibility index (Phi) is 4.73. The van der Waals surface area contributed by atoms with Crippen molar-refractivity contribution < 1.29 is 4.39 Å². The number of aromatic nitrogens is 8. The summed E-state index contributed by atoms with van der Waals surface area (Å²) in [7, 11) is 0. The molecule has 0 unspecified atom stereocenters. The third kappa shape index (κ3) is 3.67. The second-order valence-electron chi connectivity index (χ2n) is 9.28. The normalized spacial score (nSPS) is 14.0. The van der Waals surface area contributed by atoms with Gasteiger partial charge in [-0.1, -0.05) is 6.07 Å². The Morgan fingerprint density at radius 1 is 1.00 bits per heavy atom.